The van der Waals surface area contributed by atoms with Crippen molar-refractivity contribution < 1.29 is 40.6 Å². The lowest BCUT2D eigenvalue weighted by Gasteiger charge is -2.39. The van der Waals surface area contributed by atoms with E-state index in [0.717, 1.165) is 11.1 Å². The lowest BCUT2D eigenvalue weighted by atomic mass is 9.68. The second kappa shape index (κ2) is 11.5. The Kier molecular flexibility index (Phi) is 9.40. The summed E-state index contributed by atoms with van der Waals surface area (Å²) >= 11 is 0. The van der Waals surface area contributed by atoms with Crippen LogP contribution in [0.3, 0.4) is 0 Å². The van der Waals surface area contributed by atoms with Crippen LogP contribution in [-0.4, -0.2) is 19.7 Å². The van der Waals surface area contributed by atoms with Crippen molar-refractivity contribution in [3.63, 3.8) is 0 Å². The SMILES string of the molecule is C.COC(=O)C=C1CCC(CO[C@H](C)c2cc(C(F)(F)F)cc(C(F)(F)F)c2)(c2ccccc2)CC1. The summed E-state index contributed by atoms with van der Waals surface area (Å²) < 4.78 is 90.2. The number of halogens is 6. The summed E-state index contributed by atoms with van der Waals surface area (Å²) in [4.78, 5) is 11.6. The number of hydrogen-bond donors (Lipinski definition) is 0. The number of esters is 1. The van der Waals surface area contributed by atoms with Crippen molar-refractivity contribution in [2.75, 3.05) is 13.7 Å². The number of allylic oxidation sites excluding steroid dienone is 1. The Balaban J connectivity index is 0.00000456. The van der Waals surface area contributed by atoms with Gasteiger partial charge >= 0.3 is 18.3 Å². The summed E-state index contributed by atoms with van der Waals surface area (Å²) in [5.74, 6) is -0.443. The zero-order valence-corrected chi connectivity index (χ0v) is 19.3. The van der Waals surface area contributed by atoms with Gasteiger partial charge in [0.2, 0.25) is 0 Å². The van der Waals surface area contributed by atoms with E-state index in [0.29, 0.717) is 37.8 Å². The number of carbonyl (C=O) groups excluding carboxylic acids is 1. The van der Waals surface area contributed by atoms with Crippen LogP contribution in [0.15, 0.2) is 60.2 Å². The minimum absolute atomic E-state index is 0. The highest BCUT2D eigenvalue weighted by molar-refractivity contribution is 5.82. The molecule has 9 heteroatoms. The molecule has 1 aliphatic rings. The topological polar surface area (TPSA) is 35.5 Å². The molecule has 0 heterocycles. The number of hydrogen-bond acceptors (Lipinski definition) is 3. The molecule has 0 aromatic heterocycles. The van der Waals surface area contributed by atoms with Gasteiger partial charge in [0.1, 0.15) is 0 Å². The monoisotopic (exact) mass is 516 g/mol. The number of alkyl halides is 6. The highest BCUT2D eigenvalue weighted by atomic mass is 19.4. The zero-order chi connectivity index (χ0) is 25.9. The zero-order valence-electron chi connectivity index (χ0n) is 19.3. The molecule has 36 heavy (non-hydrogen) atoms. The lowest BCUT2D eigenvalue weighted by Crippen LogP contribution is -2.35. The van der Waals surface area contributed by atoms with Crippen molar-refractivity contribution in [1.29, 1.82) is 0 Å². The number of ether oxygens (including phenoxy) is 2. The summed E-state index contributed by atoms with van der Waals surface area (Å²) in [6.45, 7) is 1.54. The van der Waals surface area contributed by atoms with E-state index in [-0.39, 0.29) is 25.7 Å². The van der Waals surface area contributed by atoms with Crippen LogP contribution in [-0.2, 0) is 32.0 Å². The van der Waals surface area contributed by atoms with Gasteiger partial charge in [0.15, 0.2) is 0 Å². The smallest absolute Gasteiger partial charge is 0.416 e. The summed E-state index contributed by atoms with van der Waals surface area (Å²) in [6.07, 6.45) is -7.02. The van der Waals surface area contributed by atoms with E-state index in [4.69, 9.17) is 4.74 Å². The Hall–Kier alpha value is -2.81. The standard InChI is InChI=1S/C26H26F6O3.CH4/c1-17(19-13-21(25(27,28)29)15-22(14-19)26(30,31)32)35-16-24(20-6-4-3-5-7-20)10-8-18(9-11-24)12-23(33)34-2;/h3-7,12-15,17H,8-11,16H2,1-2H3;1H4/t17-,24?;/m1./s1. The highest BCUT2D eigenvalue weighted by Crippen LogP contribution is 2.43. The summed E-state index contributed by atoms with van der Waals surface area (Å²) in [5.41, 5.74) is -1.56. The van der Waals surface area contributed by atoms with Gasteiger partial charge in [0.25, 0.3) is 0 Å². The van der Waals surface area contributed by atoms with Crippen LogP contribution in [0.4, 0.5) is 26.3 Å². The molecule has 198 valence electrons. The quantitative estimate of drug-likeness (QED) is 0.221. The molecule has 0 saturated heterocycles. The summed E-state index contributed by atoms with van der Waals surface area (Å²) in [6, 6.07) is 10.9. The first-order valence-electron chi connectivity index (χ1n) is 11.1. The molecular weight excluding hydrogens is 486 g/mol. The Labute approximate surface area is 207 Å². The molecule has 2 aromatic carbocycles. The minimum atomic E-state index is -4.92. The number of benzene rings is 2. The van der Waals surface area contributed by atoms with Crippen molar-refractivity contribution >= 4 is 5.97 Å². The molecule has 1 saturated carbocycles. The van der Waals surface area contributed by atoms with E-state index in [1.54, 1.807) is 0 Å². The van der Waals surface area contributed by atoms with Crippen molar-refractivity contribution in [3.05, 3.63) is 82.4 Å². The van der Waals surface area contributed by atoms with Gasteiger partial charge in [-0.05, 0) is 61.9 Å². The van der Waals surface area contributed by atoms with Crippen molar-refractivity contribution in [3.8, 4) is 0 Å². The molecule has 3 rings (SSSR count). The maximum absolute atomic E-state index is 13.3. The fourth-order valence-electron chi connectivity index (χ4n) is 4.32. The molecular formula is C27H30F6O3. The van der Waals surface area contributed by atoms with Gasteiger partial charge in [0, 0.05) is 11.5 Å². The molecule has 0 spiro atoms. The van der Waals surface area contributed by atoms with Crippen LogP contribution < -0.4 is 0 Å². The van der Waals surface area contributed by atoms with E-state index >= 15 is 0 Å². The molecule has 3 nitrogen and oxygen atoms in total. The Morgan fingerprint density at radius 1 is 0.972 bits per heavy atom. The molecule has 0 radical (unpaired) electrons. The van der Waals surface area contributed by atoms with Gasteiger partial charge in [-0.2, -0.15) is 26.3 Å². The van der Waals surface area contributed by atoms with Crippen LogP contribution in [0, 0.1) is 0 Å². The summed E-state index contributed by atoms with van der Waals surface area (Å²) in [5, 5.41) is 0. The highest BCUT2D eigenvalue weighted by Gasteiger charge is 2.39. The van der Waals surface area contributed by atoms with Crippen molar-refractivity contribution in [2.45, 2.75) is 63.9 Å². The second-order valence-corrected chi connectivity index (χ2v) is 8.76. The van der Waals surface area contributed by atoms with Crippen LogP contribution in [0.1, 0.15) is 68.4 Å². The number of carbonyl (C=O) groups is 1. The first kappa shape index (κ1) is 29.4. The molecule has 0 unspecified atom stereocenters. The first-order valence-corrected chi connectivity index (χ1v) is 11.1. The van der Waals surface area contributed by atoms with Crippen LogP contribution in [0.5, 0.6) is 0 Å². The van der Waals surface area contributed by atoms with Crippen LogP contribution >= 0.6 is 0 Å². The largest absolute Gasteiger partial charge is 0.466 e. The van der Waals surface area contributed by atoms with E-state index in [1.807, 2.05) is 30.3 Å². The maximum atomic E-state index is 13.3. The third kappa shape index (κ3) is 7.12. The Bertz CT molecular complexity index is 1020. The van der Waals surface area contributed by atoms with Crippen molar-refractivity contribution in [1.82, 2.24) is 0 Å². The van der Waals surface area contributed by atoms with Gasteiger partial charge in [0.05, 0.1) is 30.9 Å². The Morgan fingerprint density at radius 3 is 1.97 bits per heavy atom. The van der Waals surface area contributed by atoms with Crippen LogP contribution in [0.2, 0.25) is 0 Å². The van der Waals surface area contributed by atoms with Gasteiger partial charge in [-0.25, -0.2) is 4.79 Å². The Morgan fingerprint density at radius 2 is 1.50 bits per heavy atom. The average molecular weight is 517 g/mol. The fourth-order valence-corrected chi connectivity index (χ4v) is 4.32. The third-order valence-corrected chi connectivity index (χ3v) is 6.45. The minimum Gasteiger partial charge on any atom is -0.466 e. The summed E-state index contributed by atoms with van der Waals surface area (Å²) in [7, 11) is 1.30. The van der Waals surface area contributed by atoms with Gasteiger partial charge in [-0.1, -0.05) is 43.3 Å². The molecule has 1 atom stereocenters. The van der Waals surface area contributed by atoms with E-state index in [9.17, 15) is 31.1 Å². The normalized spacial score (nSPS) is 19.3. The van der Waals surface area contributed by atoms with Gasteiger partial charge < -0.3 is 9.47 Å². The first-order chi connectivity index (χ1) is 16.3. The predicted octanol–water partition coefficient (Wildman–Crippen LogP) is 8.05. The molecule has 1 aliphatic carbocycles. The van der Waals surface area contributed by atoms with E-state index in [1.165, 1.54) is 20.1 Å². The van der Waals surface area contributed by atoms with E-state index < -0.39 is 41.0 Å². The average Bonchev–Trinajstić information content (AvgIpc) is 2.82. The second-order valence-electron chi connectivity index (χ2n) is 8.76. The lowest BCUT2D eigenvalue weighted by molar-refractivity contribution is -0.143. The van der Waals surface area contributed by atoms with Gasteiger partial charge in [-0.15, -0.1) is 0 Å². The van der Waals surface area contributed by atoms with Crippen LogP contribution in [0.25, 0.3) is 0 Å². The molecule has 0 amide bonds. The third-order valence-electron chi connectivity index (χ3n) is 6.45. The number of rotatable bonds is 6. The van der Waals surface area contributed by atoms with E-state index in [2.05, 4.69) is 4.74 Å². The number of methoxy groups -OCH3 is 1. The fraction of sp³-hybridized carbons (Fsp3) is 0.444. The maximum Gasteiger partial charge on any atom is 0.416 e. The van der Waals surface area contributed by atoms with Gasteiger partial charge in [-0.3, -0.25) is 0 Å². The van der Waals surface area contributed by atoms with Crippen molar-refractivity contribution in [2.24, 2.45) is 0 Å². The molecule has 2 aromatic rings. The molecule has 0 N–H and O–H groups in total. The molecule has 1 fully saturated rings. The molecule has 0 bridgehead atoms. The molecule has 0 aliphatic heterocycles. The predicted molar refractivity (Wildman–Crippen MR) is 124 cm³/mol.